The fourth-order valence-electron chi connectivity index (χ4n) is 3.54. The van der Waals surface area contributed by atoms with E-state index in [0.717, 1.165) is 18.5 Å². The van der Waals surface area contributed by atoms with E-state index >= 15 is 0 Å². The minimum Gasteiger partial charge on any atom is -0.495 e. The molecule has 1 aliphatic heterocycles. The molecule has 1 fully saturated rings. The number of likely N-dealkylation sites (tertiary alicyclic amines) is 1. The van der Waals surface area contributed by atoms with Gasteiger partial charge < -0.3 is 20.3 Å². The number of hydrogen-bond donors (Lipinski definition) is 2. The monoisotopic (exact) mass is 415 g/mol. The highest BCUT2D eigenvalue weighted by molar-refractivity contribution is 6.32. The summed E-state index contributed by atoms with van der Waals surface area (Å²) < 4.78 is 5.13. The zero-order valence-electron chi connectivity index (χ0n) is 16.7. The minimum atomic E-state index is -0.157. The average molecular weight is 416 g/mol. The van der Waals surface area contributed by atoms with E-state index in [9.17, 15) is 9.59 Å². The fourth-order valence-corrected chi connectivity index (χ4v) is 3.80. The van der Waals surface area contributed by atoms with E-state index in [1.54, 1.807) is 30.2 Å². The zero-order chi connectivity index (χ0) is 20.8. The molecule has 7 heteroatoms. The zero-order valence-corrected chi connectivity index (χ0v) is 17.4. The average Bonchev–Trinajstić information content (AvgIpc) is 2.74. The Morgan fingerprint density at radius 2 is 1.76 bits per heavy atom. The Labute approximate surface area is 176 Å². The van der Waals surface area contributed by atoms with Crippen molar-refractivity contribution in [1.82, 2.24) is 4.90 Å². The van der Waals surface area contributed by atoms with Gasteiger partial charge in [-0.05, 0) is 49.1 Å². The predicted molar refractivity (Wildman–Crippen MR) is 116 cm³/mol. The number of anilines is 2. The summed E-state index contributed by atoms with van der Waals surface area (Å²) >= 11 is 6.13. The summed E-state index contributed by atoms with van der Waals surface area (Å²) in [6.45, 7) is 3.20. The van der Waals surface area contributed by atoms with Crippen LogP contribution in [0.25, 0.3) is 0 Å². The first-order chi connectivity index (χ1) is 14.0. The molecular weight excluding hydrogens is 390 g/mol. The number of hydrogen-bond acceptors (Lipinski definition) is 3. The van der Waals surface area contributed by atoms with E-state index in [0.29, 0.717) is 29.5 Å². The second kappa shape index (κ2) is 9.65. The van der Waals surface area contributed by atoms with Crippen molar-refractivity contribution in [3.8, 4) is 5.75 Å². The molecule has 0 radical (unpaired) electrons. The van der Waals surface area contributed by atoms with Crippen LogP contribution in [0.4, 0.5) is 16.2 Å². The molecule has 6 nitrogen and oxygen atoms in total. The topological polar surface area (TPSA) is 70.7 Å². The summed E-state index contributed by atoms with van der Waals surface area (Å²) in [5.74, 6) is 0.594. The second-order valence-electron chi connectivity index (χ2n) is 7.25. The molecule has 29 heavy (non-hydrogen) atoms. The van der Waals surface area contributed by atoms with Crippen molar-refractivity contribution >= 4 is 34.9 Å². The third kappa shape index (κ3) is 5.41. The summed E-state index contributed by atoms with van der Waals surface area (Å²) in [6, 6.07) is 14.5. The Morgan fingerprint density at radius 1 is 1.07 bits per heavy atom. The van der Waals surface area contributed by atoms with Crippen LogP contribution in [0.5, 0.6) is 5.75 Å². The number of halogens is 1. The molecular formula is C22H26ClN3O3. The van der Waals surface area contributed by atoms with E-state index in [4.69, 9.17) is 16.3 Å². The van der Waals surface area contributed by atoms with Gasteiger partial charge >= 0.3 is 6.03 Å². The number of urea groups is 1. The lowest BCUT2D eigenvalue weighted by Crippen LogP contribution is -2.43. The van der Waals surface area contributed by atoms with Crippen molar-refractivity contribution in [2.45, 2.75) is 19.8 Å². The minimum absolute atomic E-state index is 0.0431. The predicted octanol–water partition coefficient (Wildman–Crippen LogP) is 4.87. The molecule has 1 atom stereocenters. The maximum atomic E-state index is 12.7. The highest BCUT2D eigenvalue weighted by Gasteiger charge is 2.30. The molecule has 154 valence electrons. The molecule has 1 unspecified atom stereocenters. The number of methoxy groups -OCH3 is 1. The number of nitrogens with zero attached hydrogens (tertiary/aromatic N) is 1. The van der Waals surface area contributed by atoms with Crippen molar-refractivity contribution < 1.29 is 14.3 Å². The molecule has 0 aliphatic carbocycles. The number of carbonyl (C=O) groups excluding carboxylic acids is 2. The Bertz CT molecular complexity index is 852. The molecule has 0 spiro atoms. The van der Waals surface area contributed by atoms with Crippen LogP contribution in [0.3, 0.4) is 0 Å². The number of ether oxygens (including phenoxy) is 1. The van der Waals surface area contributed by atoms with Gasteiger partial charge in [0.15, 0.2) is 0 Å². The maximum Gasteiger partial charge on any atom is 0.321 e. The van der Waals surface area contributed by atoms with Crippen molar-refractivity contribution in [1.29, 1.82) is 0 Å². The normalized spacial score (nSPS) is 15.5. The summed E-state index contributed by atoms with van der Waals surface area (Å²) in [5, 5.41) is 6.29. The van der Waals surface area contributed by atoms with Crippen molar-refractivity contribution in [3.63, 3.8) is 0 Å². The van der Waals surface area contributed by atoms with Gasteiger partial charge in [-0.1, -0.05) is 36.7 Å². The van der Waals surface area contributed by atoms with Crippen molar-refractivity contribution in [3.05, 3.63) is 53.6 Å². The van der Waals surface area contributed by atoms with Crippen LogP contribution in [0, 0.1) is 11.8 Å². The van der Waals surface area contributed by atoms with E-state index in [1.165, 1.54) is 0 Å². The third-order valence-electron chi connectivity index (χ3n) is 5.39. The summed E-state index contributed by atoms with van der Waals surface area (Å²) in [6.07, 6.45) is 1.58. The Kier molecular flexibility index (Phi) is 6.99. The van der Waals surface area contributed by atoms with E-state index < -0.39 is 0 Å². The van der Waals surface area contributed by atoms with E-state index in [1.807, 2.05) is 37.3 Å². The second-order valence-corrected chi connectivity index (χ2v) is 7.66. The number of carbonyl (C=O) groups is 2. The SMILES string of the molecule is COc1ccc(NC(=O)C(C)C2CCN(C(=O)Nc3ccccc3)CC2)cc1Cl. The van der Waals surface area contributed by atoms with Crippen LogP contribution < -0.4 is 15.4 Å². The molecule has 1 aliphatic rings. The lowest BCUT2D eigenvalue weighted by Gasteiger charge is -2.34. The smallest absolute Gasteiger partial charge is 0.321 e. The van der Waals surface area contributed by atoms with Crippen LogP contribution in [-0.2, 0) is 4.79 Å². The number of para-hydroxylation sites is 1. The highest BCUT2D eigenvalue weighted by atomic mass is 35.5. The summed E-state index contributed by atoms with van der Waals surface area (Å²) in [5.41, 5.74) is 1.43. The molecule has 1 saturated heterocycles. The summed E-state index contributed by atoms with van der Waals surface area (Å²) in [7, 11) is 1.55. The number of amides is 3. The van der Waals surface area contributed by atoms with Crippen LogP contribution in [0.1, 0.15) is 19.8 Å². The first-order valence-electron chi connectivity index (χ1n) is 9.73. The Morgan fingerprint density at radius 3 is 2.38 bits per heavy atom. The number of piperidine rings is 1. The standard InChI is InChI=1S/C22H26ClN3O3/c1-15(21(27)24-18-8-9-20(29-2)19(23)14-18)16-10-12-26(13-11-16)22(28)25-17-6-4-3-5-7-17/h3-9,14-16H,10-13H2,1-2H3,(H,24,27)(H,25,28). The quantitative estimate of drug-likeness (QED) is 0.732. The van der Waals surface area contributed by atoms with E-state index in [2.05, 4.69) is 10.6 Å². The van der Waals surface area contributed by atoms with Gasteiger partial charge in [0.05, 0.1) is 12.1 Å². The lowest BCUT2D eigenvalue weighted by molar-refractivity contribution is -0.121. The van der Waals surface area contributed by atoms with Gasteiger partial charge in [-0.2, -0.15) is 0 Å². The van der Waals surface area contributed by atoms with Crippen LogP contribution in [0.15, 0.2) is 48.5 Å². The van der Waals surface area contributed by atoms with Crippen LogP contribution in [0.2, 0.25) is 5.02 Å². The van der Waals surface area contributed by atoms with Crippen molar-refractivity contribution in [2.75, 3.05) is 30.8 Å². The number of nitrogens with one attached hydrogen (secondary N) is 2. The van der Waals surface area contributed by atoms with Gasteiger partial charge in [-0.25, -0.2) is 4.79 Å². The van der Waals surface area contributed by atoms with Gasteiger partial charge in [-0.15, -0.1) is 0 Å². The number of benzene rings is 2. The summed E-state index contributed by atoms with van der Waals surface area (Å²) in [4.78, 5) is 26.9. The molecule has 2 aromatic rings. The largest absolute Gasteiger partial charge is 0.495 e. The van der Waals surface area contributed by atoms with Gasteiger partial charge in [0.25, 0.3) is 0 Å². The van der Waals surface area contributed by atoms with Gasteiger partial charge in [0.1, 0.15) is 5.75 Å². The van der Waals surface area contributed by atoms with Crippen LogP contribution in [-0.4, -0.2) is 37.0 Å². The number of rotatable bonds is 5. The molecule has 3 rings (SSSR count). The van der Waals surface area contributed by atoms with Gasteiger partial charge in [0.2, 0.25) is 5.91 Å². The van der Waals surface area contributed by atoms with E-state index in [-0.39, 0.29) is 23.8 Å². The Balaban J connectivity index is 1.50. The first-order valence-corrected chi connectivity index (χ1v) is 10.1. The molecule has 3 amide bonds. The molecule has 0 saturated carbocycles. The van der Waals surface area contributed by atoms with Gasteiger partial charge in [0, 0.05) is 30.4 Å². The highest BCUT2D eigenvalue weighted by Crippen LogP contribution is 2.29. The van der Waals surface area contributed by atoms with Crippen LogP contribution >= 0.6 is 11.6 Å². The first kappa shape index (κ1) is 21.0. The molecule has 0 aromatic heterocycles. The fraction of sp³-hybridized carbons (Fsp3) is 0.364. The lowest BCUT2D eigenvalue weighted by atomic mass is 9.85. The third-order valence-corrected chi connectivity index (χ3v) is 5.69. The maximum absolute atomic E-state index is 12.7. The molecule has 0 bridgehead atoms. The molecule has 2 aromatic carbocycles. The van der Waals surface area contributed by atoms with Crippen molar-refractivity contribution in [2.24, 2.45) is 11.8 Å². The molecule has 1 heterocycles. The Hall–Kier alpha value is -2.73. The molecule has 2 N–H and O–H groups in total. The van der Waals surface area contributed by atoms with Gasteiger partial charge in [-0.3, -0.25) is 4.79 Å².